The molecular formula is C22H29N3O2. The first-order valence-electron chi connectivity index (χ1n) is 10.1. The van der Waals surface area contributed by atoms with Gasteiger partial charge in [-0.1, -0.05) is 30.3 Å². The summed E-state index contributed by atoms with van der Waals surface area (Å²) in [5.41, 5.74) is 3.82. The van der Waals surface area contributed by atoms with E-state index in [1.807, 2.05) is 6.21 Å². The topological polar surface area (TPSA) is 62.7 Å². The van der Waals surface area contributed by atoms with Gasteiger partial charge in [0, 0.05) is 19.3 Å². The Hall–Kier alpha value is -1.98. The van der Waals surface area contributed by atoms with Crippen molar-refractivity contribution in [1.82, 2.24) is 10.6 Å². The van der Waals surface area contributed by atoms with Gasteiger partial charge in [-0.15, -0.1) is 0 Å². The van der Waals surface area contributed by atoms with Crippen LogP contribution in [0.5, 0.6) is 0 Å². The largest absolute Gasteiger partial charge is 0.377 e. The highest BCUT2D eigenvalue weighted by molar-refractivity contribution is 5.86. The molecule has 27 heavy (non-hydrogen) atoms. The third kappa shape index (κ3) is 4.30. The Bertz CT molecular complexity index is 726. The monoisotopic (exact) mass is 367 g/mol. The number of aliphatic imine (C=N–C) groups is 1. The molecule has 0 radical (unpaired) electrons. The lowest BCUT2D eigenvalue weighted by atomic mass is 9.97. The van der Waals surface area contributed by atoms with E-state index in [2.05, 4.69) is 46.0 Å². The molecule has 5 nitrogen and oxygen atoms in total. The Morgan fingerprint density at radius 1 is 1.37 bits per heavy atom. The van der Waals surface area contributed by atoms with Crippen LogP contribution in [0.15, 0.2) is 35.3 Å². The van der Waals surface area contributed by atoms with Gasteiger partial charge < -0.3 is 15.4 Å². The summed E-state index contributed by atoms with van der Waals surface area (Å²) < 4.78 is 5.39. The predicted molar refractivity (Wildman–Crippen MR) is 108 cm³/mol. The lowest BCUT2D eigenvalue weighted by molar-refractivity contribution is -0.124. The Morgan fingerprint density at radius 3 is 2.85 bits per heavy atom. The molecule has 4 atom stereocenters. The second-order valence-electron chi connectivity index (χ2n) is 7.89. The number of rotatable bonds is 6. The lowest BCUT2D eigenvalue weighted by Crippen LogP contribution is -2.51. The van der Waals surface area contributed by atoms with Crippen LogP contribution >= 0.6 is 0 Å². The van der Waals surface area contributed by atoms with Gasteiger partial charge in [0.15, 0.2) is 0 Å². The van der Waals surface area contributed by atoms with Crippen LogP contribution in [0.3, 0.4) is 0 Å². The van der Waals surface area contributed by atoms with Crippen molar-refractivity contribution < 1.29 is 9.53 Å². The Labute approximate surface area is 161 Å². The molecule has 1 saturated heterocycles. The first-order chi connectivity index (χ1) is 13.2. The molecule has 4 rings (SSSR count). The highest BCUT2D eigenvalue weighted by Crippen LogP contribution is 2.35. The fourth-order valence-corrected chi connectivity index (χ4v) is 4.64. The molecule has 1 aromatic rings. The van der Waals surface area contributed by atoms with Gasteiger partial charge in [-0.25, -0.2) is 0 Å². The van der Waals surface area contributed by atoms with Crippen LogP contribution in [0.25, 0.3) is 5.57 Å². The fraction of sp³-hybridized carbons (Fsp3) is 0.545. The maximum atomic E-state index is 12.7. The number of hydrogen-bond donors (Lipinski definition) is 2. The molecule has 5 heteroatoms. The number of nitrogens with zero attached hydrogens (tertiary/aromatic N) is 1. The predicted octanol–water partition coefficient (Wildman–Crippen LogP) is 2.36. The second-order valence-corrected chi connectivity index (χ2v) is 7.89. The maximum Gasteiger partial charge on any atom is 0.237 e. The van der Waals surface area contributed by atoms with E-state index >= 15 is 0 Å². The molecule has 2 heterocycles. The number of nitrogens with one attached hydrogen (secondary N) is 2. The van der Waals surface area contributed by atoms with Gasteiger partial charge in [0.2, 0.25) is 5.91 Å². The first-order valence-corrected chi connectivity index (χ1v) is 10.1. The van der Waals surface area contributed by atoms with E-state index in [9.17, 15) is 4.79 Å². The van der Waals surface area contributed by atoms with Gasteiger partial charge in [0.1, 0.15) is 0 Å². The normalized spacial score (nSPS) is 28.3. The standard InChI is InChI=1S/C22H29N3O2/c1-23-14-20(25-22(26)21-18-6-7-19(13-18)24-21)12-15-2-4-16(5-3-15)17-8-10-27-11-9-17/h2-5,8,14,18-21,24H,6-7,9-13H2,1H3,(H,25,26)/b23-14+/t18-,19+,20-,21-/m0/s1. The lowest BCUT2D eigenvalue weighted by Gasteiger charge is -2.24. The molecule has 1 aliphatic carbocycles. The zero-order chi connectivity index (χ0) is 18.6. The average Bonchev–Trinajstić information content (AvgIpc) is 3.33. The smallest absolute Gasteiger partial charge is 0.237 e. The molecule has 144 valence electrons. The minimum absolute atomic E-state index is 0.0284. The summed E-state index contributed by atoms with van der Waals surface area (Å²) in [5.74, 6) is 0.623. The van der Waals surface area contributed by atoms with Crippen LogP contribution in [0.4, 0.5) is 0 Å². The summed E-state index contributed by atoms with van der Waals surface area (Å²) in [7, 11) is 1.76. The Morgan fingerprint density at radius 2 is 2.22 bits per heavy atom. The molecule has 2 N–H and O–H groups in total. The van der Waals surface area contributed by atoms with Gasteiger partial charge >= 0.3 is 0 Å². The van der Waals surface area contributed by atoms with Gasteiger partial charge in [-0.3, -0.25) is 9.79 Å². The van der Waals surface area contributed by atoms with Crippen molar-refractivity contribution in [2.24, 2.45) is 10.9 Å². The summed E-state index contributed by atoms with van der Waals surface area (Å²) in [6.07, 6.45) is 9.26. The van der Waals surface area contributed by atoms with Crippen LogP contribution < -0.4 is 10.6 Å². The van der Waals surface area contributed by atoms with Crippen LogP contribution in [0, 0.1) is 5.92 Å². The van der Waals surface area contributed by atoms with Crippen LogP contribution in [-0.4, -0.2) is 50.5 Å². The molecule has 0 spiro atoms. The number of ether oxygens (including phenoxy) is 1. The molecule has 2 bridgehead atoms. The SMILES string of the molecule is C/N=C/[C@H](Cc1ccc(C2=CCOCC2)cc1)NC(=O)[C@H]1N[C@@H]2CC[C@H]1C2. The van der Waals surface area contributed by atoms with Crippen LogP contribution in [-0.2, 0) is 16.0 Å². The fourth-order valence-electron chi connectivity index (χ4n) is 4.64. The van der Waals surface area contributed by atoms with Gasteiger partial charge in [-0.2, -0.15) is 0 Å². The van der Waals surface area contributed by atoms with Crippen molar-refractivity contribution >= 4 is 17.7 Å². The first kappa shape index (κ1) is 18.4. The van der Waals surface area contributed by atoms with Crippen molar-refractivity contribution in [3.05, 3.63) is 41.5 Å². The van der Waals surface area contributed by atoms with Crippen molar-refractivity contribution in [2.75, 3.05) is 20.3 Å². The molecule has 3 aliphatic rings. The van der Waals surface area contributed by atoms with E-state index in [0.717, 1.165) is 25.9 Å². The minimum Gasteiger partial charge on any atom is -0.377 e. The molecule has 1 saturated carbocycles. The highest BCUT2D eigenvalue weighted by Gasteiger charge is 2.42. The number of carbonyl (C=O) groups excluding carboxylic acids is 1. The number of benzene rings is 1. The maximum absolute atomic E-state index is 12.7. The number of carbonyl (C=O) groups is 1. The van der Waals surface area contributed by atoms with E-state index in [1.165, 1.54) is 29.5 Å². The molecule has 2 fully saturated rings. The van der Waals surface area contributed by atoms with Crippen molar-refractivity contribution in [3.8, 4) is 0 Å². The van der Waals surface area contributed by atoms with Gasteiger partial charge in [0.25, 0.3) is 0 Å². The van der Waals surface area contributed by atoms with Crippen LogP contribution in [0.2, 0.25) is 0 Å². The third-order valence-electron chi connectivity index (χ3n) is 6.04. The number of amides is 1. The molecule has 0 unspecified atom stereocenters. The zero-order valence-electron chi connectivity index (χ0n) is 16.0. The number of fused-ring (bicyclic) bond motifs is 2. The van der Waals surface area contributed by atoms with Crippen LogP contribution in [0.1, 0.15) is 36.8 Å². The van der Waals surface area contributed by atoms with Gasteiger partial charge in [-0.05, 0) is 54.7 Å². The molecule has 1 amide bonds. The number of hydrogen-bond acceptors (Lipinski definition) is 4. The average molecular weight is 367 g/mol. The summed E-state index contributed by atoms with van der Waals surface area (Å²) in [6, 6.07) is 9.10. The van der Waals surface area contributed by atoms with Crippen molar-refractivity contribution in [2.45, 2.75) is 50.2 Å². The van der Waals surface area contributed by atoms with E-state index < -0.39 is 0 Å². The Balaban J connectivity index is 1.37. The van der Waals surface area contributed by atoms with Crippen molar-refractivity contribution in [1.29, 1.82) is 0 Å². The molecule has 2 aliphatic heterocycles. The van der Waals surface area contributed by atoms with E-state index in [4.69, 9.17) is 4.74 Å². The van der Waals surface area contributed by atoms with Crippen molar-refractivity contribution in [3.63, 3.8) is 0 Å². The summed E-state index contributed by atoms with van der Waals surface area (Å²) in [4.78, 5) is 16.9. The second kappa shape index (κ2) is 8.36. The summed E-state index contributed by atoms with van der Waals surface area (Å²) >= 11 is 0. The zero-order valence-corrected chi connectivity index (χ0v) is 16.0. The molecular weight excluding hydrogens is 338 g/mol. The quantitative estimate of drug-likeness (QED) is 0.759. The Kier molecular flexibility index (Phi) is 5.69. The summed E-state index contributed by atoms with van der Waals surface area (Å²) in [5, 5.41) is 6.66. The van der Waals surface area contributed by atoms with Gasteiger partial charge in [0.05, 0.1) is 25.3 Å². The van der Waals surface area contributed by atoms with E-state index in [0.29, 0.717) is 18.6 Å². The van der Waals surface area contributed by atoms with E-state index in [-0.39, 0.29) is 18.0 Å². The molecule has 1 aromatic carbocycles. The highest BCUT2D eigenvalue weighted by atomic mass is 16.5. The number of piperidine rings is 1. The molecule has 0 aromatic heterocycles. The third-order valence-corrected chi connectivity index (χ3v) is 6.04. The van der Waals surface area contributed by atoms with E-state index in [1.54, 1.807) is 7.05 Å². The summed E-state index contributed by atoms with van der Waals surface area (Å²) in [6.45, 7) is 1.50. The minimum atomic E-state index is -0.0726.